The van der Waals surface area contributed by atoms with Crippen molar-refractivity contribution in [3.8, 4) is 34.5 Å². The molecule has 1 aromatic heterocycles. The Morgan fingerprint density at radius 2 is 0.913 bits per heavy atom. The molecule has 0 unspecified atom stereocenters. The molecule has 0 saturated heterocycles. The van der Waals surface area contributed by atoms with E-state index in [0.29, 0.717) is 113 Å². The second-order valence-electron chi connectivity index (χ2n) is 26.5. The first kappa shape index (κ1) is 78.8. The average Bonchev–Trinajstić information content (AvgIpc) is 1.67. The smallest absolute Gasteiger partial charge is 0.330 e. The van der Waals surface area contributed by atoms with Crippen LogP contribution in [-0.2, 0) is 48.0 Å². The maximum atomic E-state index is 13.9. The number of carbonyl (C=O) groups is 5. The van der Waals surface area contributed by atoms with Crippen LogP contribution in [-0.4, -0.2) is 93.8 Å². The summed E-state index contributed by atoms with van der Waals surface area (Å²) in [7, 11) is 0. The maximum absolute atomic E-state index is 13.9. The van der Waals surface area contributed by atoms with Gasteiger partial charge in [-0.2, -0.15) is 14.9 Å². The average molecular weight is 1440 g/mol. The number of nitrogens with zero attached hydrogens (tertiary/aromatic N) is 3. The van der Waals surface area contributed by atoms with Crippen molar-refractivity contribution >= 4 is 62.7 Å². The largest absolute Gasteiger partial charge is 0.494 e. The molecule has 2 aliphatic rings. The number of hydrogen-bond donors (Lipinski definition) is 0. The summed E-state index contributed by atoms with van der Waals surface area (Å²) in [6.45, 7) is 10.4. The number of aromatic nitrogens is 1. The van der Waals surface area contributed by atoms with Crippen LogP contribution in [0, 0.1) is 23.7 Å². The van der Waals surface area contributed by atoms with Gasteiger partial charge in [0.2, 0.25) is 5.13 Å². The summed E-state index contributed by atoms with van der Waals surface area (Å²) in [5, 5.41) is 7.77. The SMILES string of the molecule is C=CC(=O)OCCCCCCOc1ccc(OOCC2CCC(C(=O)Oc3ccc(OOCC4CCC(C(=O)Oc5ccc(OCCCCCCOC(=O)C=C)cc5)CC4)c(/C=N/N(CCCCCCCCCCOC(=O)C(c4ccccc4)c4ccccc4)c4nc5ccccc5s4)c3)CC2)cc1. The molecule has 0 aliphatic heterocycles. The summed E-state index contributed by atoms with van der Waals surface area (Å²) in [4.78, 5) is 91.6. The number of benzene rings is 6. The van der Waals surface area contributed by atoms with Crippen LogP contribution in [0.4, 0.5) is 5.13 Å². The minimum atomic E-state index is -0.455. The number of fused-ring (bicyclic) bond motifs is 1. The number of anilines is 1. The predicted molar refractivity (Wildman–Crippen MR) is 402 cm³/mol. The highest BCUT2D eigenvalue weighted by molar-refractivity contribution is 7.22. The van der Waals surface area contributed by atoms with E-state index in [1.165, 1.54) is 12.2 Å². The molecule has 7 aromatic rings. The van der Waals surface area contributed by atoms with Crippen molar-refractivity contribution in [2.24, 2.45) is 28.8 Å². The van der Waals surface area contributed by atoms with E-state index >= 15 is 0 Å². The molecule has 0 bridgehead atoms. The Bertz CT molecular complexity index is 3670. The van der Waals surface area contributed by atoms with Gasteiger partial charge in [0.1, 0.15) is 28.9 Å². The molecule has 2 saturated carbocycles. The highest BCUT2D eigenvalue weighted by atomic mass is 32.1. The van der Waals surface area contributed by atoms with E-state index in [0.717, 1.165) is 161 Å². The molecule has 0 amide bonds. The quantitative estimate of drug-likeness (QED) is 0.00506. The van der Waals surface area contributed by atoms with Crippen molar-refractivity contribution in [2.45, 2.75) is 160 Å². The minimum absolute atomic E-state index is 0.142. The molecule has 0 atom stereocenters. The van der Waals surface area contributed by atoms with Gasteiger partial charge < -0.3 is 42.9 Å². The Morgan fingerprint density at radius 1 is 0.471 bits per heavy atom. The van der Waals surface area contributed by atoms with Gasteiger partial charge in [-0.15, -0.1) is 0 Å². The first-order valence-corrected chi connectivity index (χ1v) is 38.0. The van der Waals surface area contributed by atoms with E-state index in [4.69, 9.17) is 62.8 Å². The van der Waals surface area contributed by atoms with E-state index in [1.807, 2.05) is 108 Å². The van der Waals surface area contributed by atoms with E-state index in [2.05, 4.69) is 19.2 Å². The third kappa shape index (κ3) is 27.7. The molecule has 104 heavy (non-hydrogen) atoms. The van der Waals surface area contributed by atoms with Gasteiger partial charge in [-0.3, -0.25) is 14.4 Å². The van der Waals surface area contributed by atoms with Crippen LogP contribution in [0.15, 0.2) is 182 Å². The Labute approximate surface area is 616 Å². The van der Waals surface area contributed by atoms with Crippen LogP contribution in [0.3, 0.4) is 0 Å². The Kier molecular flexibility index (Phi) is 34.1. The first-order valence-electron chi connectivity index (χ1n) is 37.2. The summed E-state index contributed by atoms with van der Waals surface area (Å²) >= 11 is 1.57. The lowest BCUT2D eigenvalue weighted by Gasteiger charge is -2.27. The third-order valence-corrected chi connectivity index (χ3v) is 19.7. The molecular formula is C84H101N3O16S. The van der Waals surface area contributed by atoms with E-state index in [1.54, 1.807) is 60.0 Å². The molecular weight excluding hydrogens is 1340 g/mol. The summed E-state index contributed by atoms with van der Waals surface area (Å²) < 4.78 is 40.7. The van der Waals surface area contributed by atoms with Crippen molar-refractivity contribution in [1.82, 2.24) is 4.98 Å². The summed E-state index contributed by atoms with van der Waals surface area (Å²) in [6, 6.07) is 47.3. The van der Waals surface area contributed by atoms with E-state index in [-0.39, 0.29) is 41.6 Å². The number of rotatable bonds is 47. The predicted octanol–water partition coefficient (Wildman–Crippen LogP) is 18.4. The standard InChI is InChI=1S/C84H101N3O16S/c1-3-78(88)95-56-26-13-11-24-54-93-70-43-47-72(48-44-70)100-81(90)67-39-37-64(38-40-67)62-99-103-76-52-51-74(101-82(91)68-41-35-63(36-42-68)61-98-102-73-49-45-71(46-50-73)94-55-25-12-14-27-57-96-79(89)4-2)59-69(76)60-85-87(84-86-75-33-21-22-34-77(75)104-84)53-23-9-7-5-6-8-10-28-58-97-83(92)80(65-29-17-15-18-30-65)66-31-19-16-20-32-66/h3-4,15-22,29-34,43-52,59-60,63-64,67-68,80H,1-2,5-14,23-28,35-42,53-58,61-62H2/b85-60+. The number of esters is 5. The number of unbranched alkanes of at least 4 members (excludes halogenated alkanes) is 13. The molecule has 9 rings (SSSR count). The van der Waals surface area contributed by atoms with Crippen LogP contribution in [0.2, 0.25) is 0 Å². The van der Waals surface area contributed by atoms with Gasteiger partial charge in [0.25, 0.3) is 0 Å². The first-order chi connectivity index (χ1) is 51.1. The Hall–Kier alpha value is -9.37. The molecule has 2 fully saturated rings. The van der Waals surface area contributed by atoms with Gasteiger partial charge >= 0.3 is 29.8 Å². The normalized spacial score (nSPS) is 15.7. The maximum Gasteiger partial charge on any atom is 0.330 e. The molecule has 0 N–H and O–H groups in total. The fraction of sp³-hybridized carbons (Fsp3) is 0.440. The lowest BCUT2D eigenvalue weighted by molar-refractivity contribution is -0.218. The lowest BCUT2D eigenvalue weighted by atomic mass is 9.82. The van der Waals surface area contributed by atoms with Crippen LogP contribution in [0.25, 0.3) is 10.2 Å². The summed E-state index contributed by atoms with van der Waals surface area (Å²) in [5.41, 5.74) is 3.28. The summed E-state index contributed by atoms with van der Waals surface area (Å²) in [5.74, 6) is 0.984. The van der Waals surface area contributed by atoms with Crippen LogP contribution in [0.5, 0.6) is 34.5 Å². The van der Waals surface area contributed by atoms with Crippen molar-refractivity contribution < 1.29 is 76.7 Å². The Morgan fingerprint density at radius 3 is 1.44 bits per heavy atom. The molecule has 554 valence electrons. The zero-order valence-electron chi connectivity index (χ0n) is 59.9. The number of para-hydroxylation sites is 1. The number of carbonyl (C=O) groups excluding carboxylic acids is 5. The fourth-order valence-corrected chi connectivity index (χ4v) is 13.5. The van der Waals surface area contributed by atoms with Gasteiger partial charge in [0, 0.05) is 24.3 Å². The second-order valence-corrected chi connectivity index (χ2v) is 27.5. The third-order valence-electron chi connectivity index (χ3n) is 18.6. The van der Waals surface area contributed by atoms with Crippen molar-refractivity contribution in [3.63, 3.8) is 0 Å². The second kappa shape index (κ2) is 45.0. The van der Waals surface area contributed by atoms with Crippen molar-refractivity contribution in [3.05, 3.63) is 194 Å². The van der Waals surface area contributed by atoms with Crippen LogP contribution >= 0.6 is 11.3 Å². The fourth-order valence-electron chi connectivity index (χ4n) is 12.6. The Balaban J connectivity index is 0.744. The molecule has 2 aliphatic carbocycles. The highest BCUT2D eigenvalue weighted by Gasteiger charge is 2.31. The number of ether oxygens (including phenoxy) is 7. The van der Waals surface area contributed by atoms with Crippen LogP contribution < -0.4 is 33.7 Å². The van der Waals surface area contributed by atoms with Crippen LogP contribution in [0.1, 0.15) is 177 Å². The van der Waals surface area contributed by atoms with Gasteiger partial charge in [-0.05, 0) is 217 Å². The van der Waals surface area contributed by atoms with E-state index in [9.17, 15) is 24.0 Å². The number of thiazole rings is 1. The molecule has 20 heteroatoms. The van der Waals surface area contributed by atoms with Crippen molar-refractivity contribution in [2.75, 3.05) is 57.8 Å². The summed E-state index contributed by atoms with van der Waals surface area (Å²) in [6.07, 6.45) is 24.8. The molecule has 0 spiro atoms. The van der Waals surface area contributed by atoms with Crippen molar-refractivity contribution in [1.29, 1.82) is 0 Å². The number of hydrogen-bond acceptors (Lipinski definition) is 20. The van der Waals surface area contributed by atoms with Gasteiger partial charge in [0.05, 0.1) is 74.5 Å². The zero-order valence-corrected chi connectivity index (χ0v) is 60.7. The van der Waals surface area contributed by atoms with Gasteiger partial charge in [-0.1, -0.05) is 136 Å². The highest BCUT2D eigenvalue weighted by Crippen LogP contribution is 2.36. The molecule has 6 aromatic carbocycles. The van der Waals surface area contributed by atoms with Gasteiger partial charge in [0.15, 0.2) is 11.5 Å². The topological polar surface area (TPSA) is 215 Å². The van der Waals surface area contributed by atoms with E-state index < -0.39 is 17.9 Å². The molecule has 1 heterocycles. The lowest BCUT2D eigenvalue weighted by Crippen LogP contribution is -2.27. The monoisotopic (exact) mass is 1440 g/mol. The molecule has 0 radical (unpaired) electrons. The minimum Gasteiger partial charge on any atom is -0.494 e. The zero-order chi connectivity index (χ0) is 72.6. The molecule has 19 nitrogen and oxygen atoms in total. The van der Waals surface area contributed by atoms with Gasteiger partial charge in [-0.25, -0.2) is 19.6 Å². The number of hydrazone groups is 1.